The van der Waals surface area contributed by atoms with Crippen LogP contribution in [0, 0.1) is 6.92 Å². The molecule has 122 valence electrons. The lowest BCUT2D eigenvalue weighted by molar-refractivity contribution is -0.116. The van der Waals surface area contributed by atoms with Gasteiger partial charge in [0.05, 0.1) is 12.8 Å². The van der Waals surface area contributed by atoms with E-state index in [2.05, 4.69) is 29.7 Å². The van der Waals surface area contributed by atoms with Gasteiger partial charge < -0.3 is 15.4 Å². The van der Waals surface area contributed by atoms with Gasteiger partial charge in [-0.15, -0.1) is 0 Å². The summed E-state index contributed by atoms with van der Waals surface area (Å²) < 4.78 is 5.27. The largest absolute Gasteiger partial charge is 0.495 e. The average molecular weight is 312 g/mol. The van der Waals surface area contributed by atoms with Crippen molar-refractivity contribution < 1.29 is 9.53 Å². The highest BCUT2D eigenvalue weighted by atomic mass is 16.5. The van der Waals surface area contributed by atoms with Crippen molar-refractivity contribution in [2.24, 2.45) is 0 Å². The molecular weight excluding hydrogens is 288 g/mol. The van der Waals surface area contributed by atoms with Crippen molar-refractivity contribution in [2.45, 2.75) is 26.3 Å². The molecule has 0 aliphatic carbocycles. The van der Waals surface area contributed by atoms with Crippen LogP contribution in [0.15, 0.2) is 48.5 Å². The number of ether oxygens (including phenoxy) is 1. The fraction of sp³-hybridized carbons (Fsp3) is 0.316. The lowest BCUT2D eigenvalue weighted by Gasteiger charge is -2.15. The number of methoxy groups -OCH3 is 1. The number of amides is 1. The van der Waals surface area contributed by atoms with Crippen molar-refractivity contribution >= 4 is 11.6 Å². The normalized spacial score (nSPS) is 11.8. The Labute approximate surface area is 137 Å². The maximum absolute atomic E-state index is 12.1. The molecule has 1 unspecified atom stereocenters. The molecule has 4 heteroatoms. The molecule has 0 bridgehead atoms. The van der Waals surface area contributed by atoms with E-state index in [4.69, 9.17) is 4.74 Å². The van der Waals surface area contributed by atoms with Crippen LogP contribution in [-0.4, -0.2) is 19.6 Å². The van der Waals surface area contributed by atoms with Gasteiger partial charge in [-0.1, -0.05) is 36.4 Å². The van der Waals surface area contributed by atoms with Crippen molar-refractivity contribution in [3.8, 4) is 5.75 Å². The monoisotopic (exact) mass is 312 g/mol. The van der Waals surface area contributed by atoms with Gasteiger partial charge in [-0.3, -0.25) is 4.79 Å². The Bertz CT molecular complexity index is 641. The van der Waals surface area contributed by atoms with Gasteiger partial charge in [0.2, 0.25) is 5.91 Å². The quantitative estimate of drug-likeness (QED) is 0.820. The van der Waals surface area contributed by atoms with Gasteiger partial charge in [-0.2, -0.15) is 0 Å². The van der Waals surface area contributed by atoms with Gasteiger partial charge >= 0.3 is 0 Å². The van der Waals surface area contributed by atoms with Crippen LogP contribution in [0.1, 0.15) is 30.5 Å². The minimum absolute atomic E-state index is 0.0262. The molecule has 0 spiro atoms. The van der Waals surface area contributed by atoms with E-state index in [0.29, 0.717) is 24.4 Å². The Hall–Kier alpha value is -2.33. The molecule has 0 aliphatic rings. The van der Waals surface area contributed by atoms with E-state index >= 15 is 0 Å². The summed E-state index contributed by atoms with van der Waals surface area (Å²) in [6.07, 6.45) is 0.411. The van der Waals surface area contributed by atoms with Gasteiger partial charge in [-0.25, -0.2) is 0 Å². The van der Waals surface area contributed by atoms with Gasteiger partial charge in [0.15, 0.2) is 0 Å². The van der Waals surface area contributed by atoms with Crippen molar-refractivity contribution in [3.05, 3.63) is 59.7 Å². The molecule has 2 aromatic rings. The third kappa shape index (κ3) is 5.11. The topological polar surface area (TPSA) is 50.4 Å². The SMILES string of the molecule is COc1ccc(C)cc1NC(=O)CCNC(C)c1ccccc1. The molecule has 23 heavy (non-hydrogen) atoms. The van der Waals surface area contributed by atoms with Crippen LogP contribution in [0.5, 0.6) is 5.75 Å². The van der Waals surface area contributed by atoms with Crippen LogP contribution in [0.4, 0.5) is 5.69 Å². The molecule has 2 rings (SSSR count). The summed E-state index contributed by atoms with van der Waals surface area (Å²) in [7, 11) is 1.60. The zero-order valence-electron chi connectivity index (χ0n) is 13.9. The fourth-order valence-corrected chi connectivity index (χ4v) is 2.39. The number of benzene rings is 2. The van der Waals surface area contributed by atoms with E-state index in [0.717, 1.165) is 5.56 Å². The molecule has 0 aromatic heterocycles. The maximum atomic E-state index is 12.1. The molecule has 0 heterocycles. The molecular formula is C19H24N2O2. The summed E-state index contributed by atoms with van der Waals surface area (Å²) in [4.78, 5) is 12.1. The Morgan fingerprint density at radius 2 is 1.91 bits per heavy atom. The van der Waals surface area contributed by atoms with Crippen LogP contribution in [0.3, 0.4) is 0 Å². The van der Waals surface area contributed by atoms with Crippen LogP contribution < -0.4 is 15.4 Å². The molecule has 2 N–H and O–H groups in total. The van der Waals surface area contributed by atoms with Crippen LogP contribution in [-0.2, 0) is 4.79 Å². The molecule has 4 nitrogen and oxygen atoms in total. The fourth-order valence-electron chi connectivity index (χ4n) is 2.39. The number of rotatable bonds is 7. The first kappa shape index (κ1) is 17.0. The van der Waals surface area contributed by atoms with E-state index in [1.54, 1.807) is 7.11 Å². The number of hydrogen-bond donors (Lipinski definition) is 2. The number of carbonyl (C=O) groups excluding carboxylic acids is 1. The van der Waals surface area contributed by atoms with E-state index in [1.807, 2.05) is 43.3 Å². The molecule has 0 aliphatic heterocycles. The third-order valence-corrected chi connectivity index (χ3v) is 3.73. The predicted octanol–water partition coefficient (Wildman–Crippen LogP) is 3.68. The van der Waals surface area contributed by atoms with Crippen molar-refractivity contribution in [2.75, 3.05) is 19.0 Å². The molecule has 1 atom stereocenters. The van der Waals surface area contributed by atoms with E-state index in [9.17, 15) is 4.79 Å². The van der Waals surface area contributed by atoms with Gasteiger partial charge in [-0.05, 0) is 37.1 Å². The molecule has 2 aromatic carbocycles. The van der Waals surface area contributed by atoms with Crippen molar-refractivity contribution in [3.63, 3.8) is 0 Å². The summed E-state index contributed by atoms with van der Waals surface area (Å²) in [5, 5.41) is 6.28. The second kappa shape index (κ2) is 8.34. The first-order valence-electron chi connectivity index (χ1n) is 7.83. The number of hydrogen-bond acceptors (Lipinski definition) is 3. The smallest absolute Gasteiger partial charge is 0.225 e. The van der Waals surface area contributed by atoms with Crippen LogP contribution >= 0.6 is 0 Å². The van der Waals surface area contributed by atoms with Gasteiger partial charge in [0, 0.05) is 19.0 Å². The maximum Gasteiger partial charge on any atom is 0.225 e. The number of anilines is 1. The number of aryl methyl sites for hydroxylation is 1. The number of carbonyl (C=O) groups is 1. The highest BCUT2D eigenvalue weighted by Gasteiger charge is 2.09. The molecule has 0 saturated carbocycles. The molecule has 1 amide bonds. The highest BCUT2D eigenvalue weighted by Crippen LogP contribution is 2.25. The third-order valence-electron chi connectivity index (χ3n) is 3.73. The molecule has 0 radical (unpaired) electrons. The van der Waals surface area contributed by atoms with Crippen molar-refractivity contribution in [1.29, 1.82) is 0 Å². The first-order valence-corrected chi connectivity index (χ1v) is 7.83. The number of nitrogens with one attached hydrogen (secondary N) is 2. The Kier molecular flexibility index (Phi) is 6.18. The Morgan fingerprint density at radius 1 is 1.17 bits per heavy atom. The first-order chi connectivity index (χ1) is 11.1. The van der Waals surface area contributed by atoms with Crippen LogP contribution in [0.2, 0.25) is 0 Å². The minimum Gasteiger partial charge on any atom is -0.495 e. The average Bonchev–Trinajstić information content (AvgIpc) is 2.56. The highest BCUT2D eigenvalue weighted by molar-refractivity contribution is 5.92. The van der Waals surface area contributed by atoms with E-state index < -0.39 is 0 Å². The van der Waals surface area contributed by atoms with E-state index in [-0.39, 0.29) is 11.9 Å². The lowest BCUT2D eigenvalue weighted by atomic mass is 10.1. The second-order valence-electron chi connectivity index (χ2n) is 5.59. The Balaban J connectivity index is 1.83. The molecule has 0 fully saturated rings. The standard InChI is InChI=1S/C19H24N2O2/c1-14-9-10-18(23-3)17(13-14)21-19(22)11-12-20-15(2)16-7-5-4-6-8-16/h4-10,13,15,20H,11-12H2,1-3H3,(H,21,22). The predicted molar refractivity (Wildman–Crippen MR) is 93.8 cm³/mol. The summed E-state index contributed by atoms with van der Waals surface area (Å²) in [5.74, 6) is 0.649. The lowest BCUT2D eigenvalue weighted by Crippen LogP contribution is -2.24. The minimum atomic E-state index is -0.0262. The van der Waals surface area contributed by atoms with Gasteiger partial charge in [0.25, 0.3) is 0 Å². The summed E-state index contributed by atoms with van der Waals surface area (Å²) >= 11 is 0. The second-order valence-corrected chi connectivity index (χ2v) is 5.59. The summed E-state index contributed by atoms with van der Waals surface area (Å²) in [6.45, 7) is 4.70. The summed E-state index contributed by atoms with van der Waals surface area (Å²) in [6, 6.07) is 16.1. The Morgan fingerprint density at radius 3 is 2.61 bits per heavy atom. The molecule has 0 saturated heterocycles. The van der Waals surface area contributed by atoms with Crippen molar-refractivity contribution in [1.82, 2.24) is 5.32 Å². The summed E-state index contributed by atoms with van der Waals surface area (Å²) in [5.41, 5.74) is 3.01. The van der Waals surface area contributed by atoms with Gasteiger partial charge in [0.1, 0.15) is 5.75 Å². The van der Waals surface area contributed by atoms with E-state index in [1.165, 1.54) is 5.56 Å². The zero-order chi connectivity index (χ0) is 16.7. The zero-order valence-corrected chi connectivity index (χ0v) is 13.9. The van der Waals surface area contributed by atoms with Crippen LogP contribution in [0.25, 0.3) is 0 Å².